The van der Waals surface area contributed by atoms with Crippen molar-refractivity contribution in [1.82, 2.24) is 0 Å². The molecule has 27 heavy (non-hydrogen) atoms. The Bertz CT molecular complexity index is 825. The summed E-state index contributed by atoms with van der Waals surface area (Å²) >= 11 is 3.94. The smallest absolute Gasteiger partial charge is 0.328 e. The Balaban J connectivity index is 1.95. The molecule has 0 atom stereocenters. The summed E-state index contributed by atoms with van der Waals surface area (Å²) in [6, 6.07) is 13.6. The van der Waals surface area contributed by atoms with Gasteiger partial charge in [-0.1, -0.05) is 30.3 Å². The van der Waals surface area contributed by atoms with Gasteiger partial charge in [-0.2, -0.15) is 0 Å². The van der Waals surface area contributed by atoms with E-state index in [0.717, 1.165) is 11.1 Å². The molecule has 142 valence electrons. The maximum atomic E-state index is 11.4. The molecule has 0 aromatic heterocycles. The highest BCUT2D eigenvalue weighted by molar-refractivity contribution is 8.16. The van der Waals surface area contributed by atoms with Crippen LogP contribution in [0.1, 0.15) is 27.7 Å². The lowest BCUT2D eigenvalue weighted by Crippen LogP contribution is -2.01. The topological polar surface area (TPSA) is 55.8 Å². The number of ether oxygens (including phenoxy) is 2. The van der Waals surface area contributed by atoms with Gasteiger partial charge in [0, 0.05) is 6.08 Å². The van der Waals surface area contributed by atoms with Crippen molar-refractivity contribution in [3.05, 3.63) is 65.2 Å². The monoisotopic (exact) mass is 402 g/mol. The molecule has 3 rings (SSSR count). The van der Waals surface area contributed by atoms with Gasteiger partial charge in [-0.3, -0.25) is 0 Å². The summed E-state index contributed by atoms with van der Waals surface area (Å²) in [5, 5.41) is 9.35. The Hall–Kier alpha value is -2.05. The van der Waals surface area contributed by atoms with Gasteiger partial charge in [0.15, 0.2) is 11.5 Å². The molecule has 0 aliphatic carbocycles. The largest absolute Gasteiger partial charge is 0.493 e. The van der Waals surface area contributed by atoms with E-state index in [2.05, 4.69) is 12.1 Å². The highest BCUT2D eigenvalue weighted by Gasteiger charge is 2.17. The van der Waals surface area contributed by atoms with Crippen LogP contribution in [0.2, 0.25) is 0 Å². The van der Waals surface area contributed by atoms with Gasteiger partial charge >= 0.3 is 5.97 Å². The number of carboxylic acids is 1. The average Bonchev–Trinajstić information content (AvgIpc) is 2.72. The van der Waals surface area contributed by atoms with E-state index in [1.807, 2.05) is 41.7 Å². The standard InChI is InChI=1S/C21H22O4S2/c1-24-18-9-8-16(12-19(18)25-2)17(13-20(22)23)14-4-6-15(7-5-14)21-26-10-3-11-27-21/h4-9,12-13,21H,3,10-11H2,1-2H3,(H,22,23). The molecule has 1 fully saturated rings. The van der Waals surface area contributed by atoms with E-state index in [1.54, 1.807) is 26.4 Å². The SMILES string of the molecule is COc1ccc(C(=CC(=O)O)c2ccc(C3SCCCS3)cc2)cc1OC. The van der Waals surface area contributed by atoms with E-state index in [9.17, 15) is 9.90 Å². The maximum Gasteiger partial charge on any atom is 0.328 e. The molecule has 1 aliphatic heterocycles. The van der Waals surface area contributed by atoms with Gasteiger partial charge in [0.05, 0.1) is 18.8 Å². The number of carboxylic acid groups (broad SMARTS) is 1. The van der Waals surface area contributed by atoms with Crippen LogP contribution in [-0.4, -0.2) is 36.8 Å². The van der Waals surface area contributed by atoms with E-state index in [4.69, 9.17) is 9.47 Å². The average molecular weight is 403 g/mol. The molecule has 0 bridgehead atoms. The van der Waals surface area contributed by atoms with Crippen LogP contribution >= 0.6 is 23.5 Å². The van der Waals surface area contributed by atoms with Crippen LogP contribution in [0, 0.1) is 0 Å². The van der Waals surface area contributed by atoms with Crippen molar-refractivity contribution >= 4 is 35.1 Å². The van der Waals surface area contributed by atoms with Crippen molar-refractivity contribution < 1.29 is 19.4 Å². The molecule has 1 saturated heterocycles. The minimum atomic E-state index is -0.984. The lowest BCUT2D eigenvalue weighted by Gasteiger charge is -2.21. The second kappa shape index (κ2) is 9.24. The molecule has 0 saturated carbocycles. The summed E-state index contributed by atoms with van der Waals surface area (Å²) in [5.74, 6) is 2.57. The first-order valence-electron chi connectivity index (χ1n) is 8.63. The third-order valence-electron chi connectivity index (χ3n) is 4.28. The van der Waals surface area contributed by atoms with Crippen LogP contribution in [0.15, 0.2) is 48.5 Å². The van der Waals surface area contributed by atoms with Gasteiger partial charge in [-0.15, -0.1) is 23.5 Å². The van der Waals surface area contributed by atoms with Gasteiger partial charge in [0.1, 0.15) is 0 Å². The lowest BCUT2D eigenvalue weighted by atomic mass is 9.96. The molecular formula is C21H22O4S2. The van der Waals surface area contributed by atoms with Crippen LogP contribution in [-0.2, 0) is 4.79 Å². The van der Waals surface area contributed by atoms with E-state index < -0.39 is 5.97 Å². The summed E-state index contributed by atoms with van der Waals surface area (Å²) in [6.45, 7) is 0. The van der Waals surface area contributed by atoms with Gasteiger partial charge in [-0.25, -0.2) is 4.79 Å². The van der Waals surface area contributed by atoms with E-state index in [0.29, 0.717) is 21.7 Å². The van der Waals surface area contributed by atoms with Crippen molar-refractivity contribution in [3.63, 3.8) is 0 Å². The predicted octanol–water partition coefficient (Wildman–Crippen LogP) is 5.09. The minimum Gasteiger partial charge on any atom is -0.493 e. The van der Waals surface area contributed by atoms with Gasteiger partial charge in [-0.05, 0) is 52.3 Å². The van der Waals surface area contributed by atoms with Crippen LogP contribution in [0.25, 0.3) is 5.57 Å². The Labute approximate surface area is 168 Å². The fraction of sp³-hybridized carbons (Fsp3) is 0.286. The molecule has 2 aromatic carbocycles. The molecule has 0 spiro atoms. The zero-order valence-electron chi connectivity index (χ0n) is 15.3. The van der Waals surface area contributed by atoms with Gasteiger partial charge in [0.25, 0.3) is 0 Å². The molecule has 1 heterocycles. The number of hydrogen-bond acceptors (Lipinski definition) is 5. The maximum absolute atomic E-state index is 11.4. The molecule has 0 radical (unpaired) electrons. The number of rotatable bonds is 6. The second-order valence-electron chi connectivity index (χ2n) is 6.02. The van der Waals surface area contributed by atoms with E-state index in [1.165, 1.54) is 29.6 Å². The molecule has 1 N–H and O–H groups in total. The number of benzene rings is 2. The van der Waals surface area contributed by atoms with Crippen molar-refractivity contribution in [2.75, 3.05) is 25.7 Å². The number of thioether (sulfide) groups is 2. The quantitative estimate of drug-likeness (QED) is 0.680. The number of hydrogen-bond donors (Lipinski definition) is 1. The fourth-order valence-corrected chi connectivity index (χ4v) is 5.85. The van der Waals surface area contributed by atoms with Crippen molar-refractivity contribution in [1.29, 1.82) is 0 Å². The lowest BCUT2D eigenvalue weighted by molar-refractivity contribution is -0.131. The molecule has 1 aliphatic rings. The summed E-state index contributed by atoms with van der Waals surface area (Å²) < 4.78 is 11.1. The molecule has 0 unspecified atom stereocenters. The number of carbonyl (C=O) groups is 1. The molecule has 2 aromatic rings. The van der Waals surface area contributed by atoms with E-state index >= 15 is 0 Å². The van der Waals surface area contributed by atoms with Crippen LogP contribution in [0.3, 0.4) is 0 Å². The molecule has 0 amide bonds. The van der Waals surface area contributed by atoms with Crippen LogP contribution in [0.4, 0.5) is 0 Å². The van der Waals surface area contributed by atoms with E-state index in [-0.39, 0.29) is 0 Å². The first-order valence-corrected chi connectivity index (χ1v) is 10.7. The zero-order chi connectivity index (χ0) is 19.2. The first kappa shape index (κ1) is 19.7. The molecule has 6 heteroatoms. The number of aliphatic carboxylic acids is 1. The first-order chi connectivity index (χ1) is 13.1. The summed E-state index contributed by atoms with van der Waals surface area (Å²) in [7, 11) is 3.14. The Morgan fingerprint density at radius 2 is 1.63 bits per heavy atom. The van der Waals surface area contributed by atoms with Crippen molar-refractivity contribution in [2.45, 2.75) is 11.0 Å². The fourth-order valence-electron chi connectivity index (χ4n) is 2.96. The third kappa shape index (κ3) is 4.82. The highest BCUT2D eigenvalue weighted by atomic mass is 32.2. The Morgan fingerprint density at radius 1 is 1.00 bits per heavy atom. The second-order valence-corrected chi connectivity index (χ2v) is 8.74. The third-order valence-corrected chi connectivity index (χ3v) is 7.30. The summed E-state index contributed by atoms with van der Waals surface area (Å²) in [4.78, 5) is 11.4. The van der Waals surface area contributed by atoms with Gasteiger partial charge in [0.2, 0.25) is 0 Å². The summed E-state index contributed by atoms with van der Waals surface area (Å²) in [6.07, 6.45) is 2.50. The Morgan fingerprint density at radius 3 is 2.22 bits per heavy atom. The number of methoxy groups -OCH3 is 2. The summed E-state index contributed by atoms with van der Waals surface area (Å²) in [5.41, 5.74) is 3.54. The van der Waals surface area contributed by atoms with Crippen molar-refractivity contribution in [2.24, 2.45) is 0 Å². The highest BCUT2D eigenvalue weighted by Crippen LogP contribution is 2.44. The zero-order valence-corrected chi connectivity index (χ0v) is 16.9. The van der Waals surface area contributed by atoms with Crippen LogP contribution in [0.5, 0.6) is 11.5 Å². The Kier molecular flexibility index (Phi) is 6.74. The molecule has 4 nitrogen and oxygen atoms in total. The molecular weight excluding hydrogens is 380 g/mol. The van der Waals surface area contributed by atoms with Crippen LogP contribution < -0.4 is 9.47 Å². The van der Waals surface area contributed by atoms with Gasteiger partial charge < -0.3 is 14.6 Å². The normalized spacial score (nSPS) is 15.4. The predicted molar refractivity (Wildman–Crippen MR) is 113 cm³/mol. The van der Waals surface area contributed by atoms with Crippen molar-refractivity contribution in [3.8, 4) is 11.5 Å². The minimum absolute atomic E-state index is 0.459.